The fraction of sp³-hybridized carbons (Fsp3) is 0.700. The van der Waals surface area contributed by atoms with Crippen LogP contribution in [0.1, 0.15) is 65.9 Å². The number of rotatable bonds is 30. The monoisotopic (exact) mass is 887 g/mol. The number of carbonyl (C=O) groups excluding carboxylic acids is 5. The topological polar surface area (TPSA) is 322 Å². The number of hydrogen-bond acceptors (Lipinski definition) is 16. The number of carbonyl (C=O) groups is 6. The second kappa shape index (κ2) is 28.8. The molecule has 1 fully saturated rings. The summed E-state index contributed by atoms with van der Waals surface area (Å²) >= 11 is 0. The summed E-state index contributed by atoms with van der Waals surface area (Å²) in [6, 6.07) is 0.946. The highest BCUT2D eigenvalue weighted by atomic mass is 16.7. The molecule has 22 nitrogen and oxygen atoms in total. The molecule has 0 aromatic heterocycles. The maximum Gasteiger partial charge on any atom is 0.335 e. The Morgan fingerprint density at radius 3 is 1.98 bits per heavy atom. The molecular weight excluding hydrogens is 822 g/mol. The van der Waals surface area contributed by atoms with Crippen LogP contribution in [0.4, 0.5) is 10.5 Å². The quantitative estimate of drug-likeness (QED) is 0.0349. The molecule has 5 amide bonds. The minimum Gasteiger partial charge on any atom is -0.479 e. The lowest BCUT2D eigenvalue weighted by Crippen LogP contribution is -2.61. The highest BCUT2D eigenvalue weighted by Gasteiger charge is 2.48. The van der Waals surface area contributed by atoms with Crippen LogP contribution in [-0.4, -0.2) is 158 Å². The van der Waals surface area contributed by atoms with Crippen molar-refractivity contribution in [3.8, 4) is 5.75 Å². The lowest BCUT2D eigenvalue weighted by atomic mass is 9.99. The third-order valence-electron chi connectivity index (χ3n) is 9.02. The predicted molar refractivity (Wildman–Crippen MR) is 218 cm³/mol. The zero-order chi connectivity index (χ0) is 46.2. The van der Waals surface area contributed by atoms with Crippen molar-refractivity contribution in [3.63, 3.8) is 0 Å². The number of primary amides is 1. The molecule has 7 atom stereocenters. The molecule has 0 radical (unpaired) electrons. The Hall–Kier alpha value is -4.68. The van der Waals surface area contributed by atoms with Gasteiger partial charge in [-0.25, -0.2) is 9.59 Å². The van der Waals surface area contributed by atoms with Crippen molar-refractivity contribution < 1.29 is 82.4 Å². The maximum atomic E-state index is 13.9. The summed E-state index contributed by atoms with van der Waals surface area (Å²) in [5.41, 5.74) is 5.42. The normalized spacial score (nSPS) is 19.6. The molecule has 0 unspecified atom stereocenters. The van der Waals surface area contributed by atoms with Crippen LogP contribution in [-0.2, 0) is 59.0 Å². The van der Waals surface area contributed by atoms with Crippen molar-refractivity contribution in [1.29, 1.82) is 0 Å². The second-order valence-corrected chi connectivity index (χ2v) is 14.9. The van der Waals surface area contributed by atoms with E-state index in [-0.39, 0.29) is 63.7 Å². The van der Waals surface area contributed by atoms with Crippen LogP contribution in [0.3, 0.4) is 0 Å². The molecule has 1 heterocycles. The minimum absolute atomic E-state index is 0.0414. The maximum absolute atomic E-state index is 13.9. The average molecular weight is 888 g/mol. The SMILES string of the molecule is CCCOCCOCCOCCOCCC(=O)N[C@H](C(=O)N[C@@H](CCCNC(N)=O)C(=O)Nc1ccc(COC(=O)C(C)C)cc1O[C@@H]1O[C@H](C(=O)O)[C@@H](O)[C@H](O)[C@H]1O)C(C)C. The highest BCUT2D eigenvalue weighted by molar-refractivity contribution is 5.99. The lowest BCUT2D eigenvalue weighted by molar-refractivity contribution is -0.271. The van der Waals surface area contributed by atoms with E-state index in [1.165, 1.54) is 18.2 Å². The van der Waals surface area contributed by atoms with Gasteiger partial charge >= 0.3 is 18.0 Å². The van der Waals surface area contributed by atoms with E-state index in [9.17, 15) is 49.2 Å². The summed E-state index contributed by atoms with van der Waals surface area (Å²) in [6.07, 6.45) is -8.87. The Labute approximate surface area is 360 Å². The number of anilines is 1. The van der Waals surface area contributed by atoms with Gasteiger partial charge < -0.3 is 80.6 Å². The molecule has 352 valence electrons. The predicted octanol–water partition coefficient (Wildman–Crippen LogP) is -0.464. The van der Waals surface area contributed by atoms with Gasteiger partial charge in [-0.05, 0) is 42.9 Å². The fourth-order valence-electron chi connectivity index (χ4n) is 5.57. The molecule has 22 heteroatoms. The molecular formula is C40H65N5O17. The number of amides is 5. The number of ether oxygens (including phenoxy) is 7. The van der Waals surface area contributed by atoms with Crippen LogP contribution >= 0.6 is 0 Å². The summed E-state index contributed by atoms with van der Waals surface area (Å²) in [7, 11) is 0. The average Bonchev–Trinajstić information content (AvgIpc) is 3.22. The van der Waals surface area contributed by atoms with Gasteiger partial charge in [0, 0.05) is 19.6 Å². The van der Waals surface area contributed by atoms with Gasteiger partial charge in [0.15, 0.2) is 6.10 Å². The van der Waals surface area contributed by atoms with E-state index in [2.05, 4.69) is 21.3 Å². The van der Waals surface area contributed by atoms with Crippen LogP contribution in [0.5, 0.6) is 5.75 Å². The largest absolute Gasteiger partial charge is 0.479 e. The number of nitrogens with two attached hydrogens (primary N) is 1. The minimum atomic E-state index is -2.01. The number of aliphatic hydroxyl groups excluding tert-OH is 3. The van der Waals surface area contributed by atoms with Crippen molar-refractivity contribution in [2.45, 2.75) is 110 Å². The highest BCUT2D eigenvalue weighted by Crippen LogP contribution is 2.31. The van der Waals surface area contributed by atoms with Crippen molar-refractivity contribution in [2.75, 3.05) is 64.7 Å². The van der Waals surface area contributed by atoms with E-state index in [0.29, 0.717) is 38.6 Å². The molecule has 62 heavy (non-hydrogen) atoms. The van der Waals surface area contributed by atoms with Crippen LogP contribution in [0.2, 0.25) is 0 Å². The zero-order valence-electron chi connectivity index (χ0n) is 36.0. The summed E-state index contributed by atoms with van der Waals surface area (Å²) in [5.74, 6) is -5.29. The van der Waals surface area contributed by atoms with Crippen LogP contribution < -0.4 is 31.7 Å². The van der Waals surface area contributed by atoms with E-state index in [4.69, 9.17) is 38.9 Å². The van der Waals surface area contributed by atoms with E-state index in [0.717, 1.165) is 6.42 Å². The number of hydrogen-bond donors (Lipinski definition) is 9. The molecule has 0 aliphatic carbocycles. The molecule has 0 saturated carbocycles. The van der Waals surface area contributed by atoms with Gasteiger partial charge in [-0.15, -0.1) is 0 Å². The number of carboxylic acid groups (broad SMARTS) is 1. The van der Waals surface area contributed by atoms with Crippen LogP contribution in [0.25, 0.3) is 0 Å². The number of urea groups is 1. The molecule has 1 aliphatic heterocycles. The van der Waals surface area contributed by atoms with Crippen LogP contribution in [0.15, 0.2) is 18.2 Å². The number of aliphatic carboxylic acids is 1. The van der Waals surface area contributed by atoms with Crippen molar-refractivity contribution in [2.24, 2.45) is 17.6 Å². The Kier molecular flexibility index (Phi) is 24.9. The van der Waals surface area contributed by atoms with E-state index >= 15 is 0 Å². The van der Waals surface area contributed by atoms with Gasteiger partial charge in [0.1, 0.15) is 42.8 Å². The first-order chi connectivity index (χ1) is 29.5. The number of aliphatic hydroxyl groups is 3. The van der Waals surface area contributed by atoms with Gasteiger partial charge in [-0.2, -0.15) is 0 Å². The summed E-state index contributed by atoms with van der Waals surface area (Å²) in [4.78, 5) is 75.7. The molecule has 10 N–H and O–H groups in total. The van der Waals surface area contributed by atoms with E-state index in [1.807, 2.05) is 6.92 Å². The lowest BCUT2D eigenvalue weighted by Gasteiger charge is -2.38. The molecule has 0 bridgehead atoms. The number of carboxylic acids is 1. The third kappa shape index (κ3) is 19.6. The first-order valence-electron chi connectivity index (χ1n) is 20.6. The zero-order valence-corrected chi connectivity index (χ0v) is 36.0. The van der Waals surface area contributed by atoms with Crippen molar-refractivity contribution in [3.05, 3.63) is 23.8 Å². The summed E-state index contributed by atoms with van der Waals surface area (Å²) in [5, 5.41) is 51.1. The molecule has 0 spiro atoms. The van der Waals surface area contributed by atoms with E-state index < -0.39 is 90.3 Å². The van der Waals surface area contributed by atoms with E-state index in [1.54, 1.807) is 27.7 Å². The fourth-order valence-corrected chi connectivity index (χ4v) is 5.57. The molecule has 1 aliphatic rings. The van der Waals surface area contributed by atoms with Crippen molar-refractivity contribution >= 4 is 41.4 Å². The van der Waals surface area contributed by atoms with Gasteiger partial charge in [0.2, 0.25) is 24.0 Å². The van der Waals surface area contributed by atoms with Gasteiger partial charge in [-0.1, -0.05) is 40.7 Å². The number of nitrogens with one attached hydrogen (secondary N) is 4. The summed E-state index contributed by atoms with van der Waals surface area (Å²) < 4.78 is 38.0. The Balaban J connectivity index is 2.16. The van der Waals surface area contributed by atoms with Crippen LogP contribution in [0, 0.1) is 11.8 Å². The Morgan fingerprint density at radius 1 is 0.806 bits per heavy atom. The summed E-state index contributed by atoms with van der Waals surface area (Å²) in [6.45, 7) is 11.5. The smallest absolute Gasteiger partial charge is 0.335 e. The van der Waals surface area contributed by atoms with Gasteiger partial charge in [0.05, 0.1) is 57.9 Å². The molecule has 2 rings (SSSR count). The Morgan fingerprint density at radius 2 is 1.42 bits per heavy atom. The number of benzene rings is 1. The van der Waals surface area contributed by atoms with Gasteiger partial charge in [0.25, 0.3) is 0 Å². The first-order valence-corrected chi connectivity index (χ1v) is 20.6. The third-order valence-corrected chi connectivity index (χ3v) is 9.02. The number of esters is 1. The molecule has 1 aromatic rings. The second-order valence-electron chi connectivity index (χ2n) is 14.9. The molecule has 1 saturated heterocycles. The van der Waals surface area contributed by atoms with Crippen molar-refractivity contribution in [1.82, 2.24) is 16.0 Å². The standard InChI is InChI=1S/C40H65N5O17/c1-6-13-56-15-17-58-19-20-59-18-16-57-14-11-29(46)45-30(23(2)3)36(51)44-27(8-7-12-42-40(41)55)35(50)43-26-10-9-25(22-60-38(54)24(4)5)21-28(26)61-39-33(49)31(47)32(48)34(62-39)37(52)53/h9-10,21,23-24,27,30-34,39,47-49H,6-8,11-20,22H2,1-5H3,(H,43,50)(H,44,51)(H,45,46)(H,52,53)(H3,41,42,55)/t27-,30-,31-,32-,33+,34-,39+/m0/s1. The molecule has 1 aromatic carbocycles. The van der Waals surface area contributed by atoms with Gasteiger partial charge in [-0.3, -0.25) is 19.2 Å². The Bertz CT molecular complexity index is 1570. The first kappa shape index (κ1) is 53.5.